The highest BCUT2D eigenvalue weighted by atomic mass is 19.4. The Labute approximate surface area is 187 Å². The Balaban J connectivity index is 1.50. The zero-order valence-corrected chi connectivity index (χ0v) is 18.1. The summed E-state index contributed by atoms with van der Waals surface area (Å²) in [5, 5.41) is 13.3. The maximum atomic E-state index is 14.0. The van der Waals surface area contributed by atoms with E-state index in [1.165, 1.54) is 6.07 Å². The molecule has 3 heterocycles. The number of hydrogen-bond donors (Lipinski definition) is 2. The first-order chi connectivity index (χ1) is 15.6. The molecule has 0 unspecified atom stereocenters. The van der Waals surface area contributed by atoms with Gasteiger partial charge < -0.3 is 20.7 Å². The molecule has 1 aromatic heterocycles. The first-order valence-corrected chi connectivity index (χ1v) is 10.7. The Morgan fingerprint density at radius 3 is 2.64 bits per heavy atom. The summed E-state index contributed by atoms with van der Waals surface area (Å²) in [6.45, 7) is 5.04. The van der Waals surface area contributed by atoms with E-state index in [0.29, 0.717) is 18.5 Å². The fraction of sp³-hybridized carbons (Fsp3) is 0.391. The van der Waals surface area contributed by atoms with Crippen LogP contribution >= 0.6 is 0 Å². The normalized spacial score (nSPS) is 21.1. The summed E-state index contributed by atoms with van der Waals surface area (Å²) < 4.78 is 59.4. The number of alkyl halides is 3. The van der Waals surface area contributed by atoms with Crippen LogP contribution < -0.4 is 16.0 Å². The van der Waals surface area contributed by atoms with Crippen molar-refractivity contribution in [1.29, 1.82) is 0 Å². The molecule has 0 amide bonds. The van der Waals surface area contributed by atoms with Gasteiger partial charge in [0, 0.05) is 23.0 Å². The van der Waals surface area contributed by atoms with Crippen molar-refractivity contribution in [3.8, 4) is 0 Å². The van der Waals surface area contributed by atoms with E-state index in [1.807, 2.05) is 25.1 Å². The van der Waals surface area contributed by atoms with Crippen LogP contribution in [0.1, 0.15) is 36.2 Å². The van der Waals surface area contributed by atoms with Gasteiger partial charge in [0.15, 0.2) is 11.6 Å². The SMILES string of the molecule is Cc1nnc(N[C@H](C)c2cc(N)c(F)c(C(F)(F)F)c2)c2cc(N3C[C@H]4C[C@@H]3CO4)ccc12. The van der Waals surface area contributed by atoms with E-state index < -0.39 is 29.3 Å². The zero-order valence-electron chi connectivity index (χ0n) is 18.1. The number of nitrogens with two attached hydrogens (primary N) is 1. The molecule has 0 saturated carbocycles. The van der Waals surface area contributed by atoms with Crippen molar-refractivity contribution in [3.05, 3.63) is 53.0 Å². The quantitative estimate of drug-likeness (QED) is 0.428. The van der Waals surface area contributed by atoms with Gasteiger partial charge in [-0.05, 0) is 50.1 Å². The predicted molar refractivity (Wildman–Crippen MR) is 118 cm³/mol. The molecule has 2 aromatic carbocycles. The van der Waals surface area contributed by atoms with Crippen LogP contribution in [0.4, 0.5) is 34.8 Å². The monoisotopic (exact) mass is 461 g/mol. The highest BCUT2D eigenvalue weighted by molar-refractivity contribution is 5.95. The Hall–Kier alpha value is -3.14. The molecule has 2 saturated heterocycles. The number of fused-ring (bicyclic) bond motifs is 3. The molecule has 174 valence electrons. The largest absolute Gasteiger partial charge is 0.419 e. The topological polar surface area (TPSA) is 76.3 Å². The standard InChI is InChI=1S/C23H23F4N5O/c1-11(13-5-19(23(25,26)27)21(24)20(28)6-13)29-22-18-8-14(3-4-17(18)12(2)30-31-22)32-9-16-7-15(32)10-33-16/h3-6,8,11,15-16H,7,9-10,28H2,1-2H3,(H,29,31)/t11-,15-,16-/m1/s1. The zero-order chi connectivity index (χ0) is 23.5. The lowest BCUT2D eigenvalue weighted by atomic mass is 10.0. The average Bonchev–Trinajstić information content (AvgIpc) is 3.40. The van der Waals surface area contributed by atoms with Gasteiger partial charge in [-0.15, -0.1) is 5.10 Å². The highest BCUT2D eigenvalue weighted by Crippen LogP contribution is 2.38. The van der Waals surface area contributed by atoms with Gasteiger partial charge in [0.25, 0.3) is 0 Å². The molecule has 3 atom stereocenters. The number of ether oxygens (including phenoxy) is 1. The second kappa shape index (κ2) is 7.72. The van der Waals surface area contributed by atoms with Crippen LogP contribution in [-0.4, -0.2) is 35.5 Å². The van der Waals surface area contributed by atoms with Crippen molar-refractivity contribution < 1.29 is 22.3 Å². The first-order valence-electron chi connectivity index (χ1n) is 10.7. The Morgan fingerprint density at radius 1 is 1.18 bits per heavy atom. The number of nitrogen functional groups attached to an aromatic ring is 1. The van der Waals surface area contributed by atoms with E-state index in [0.717, 1.165) is 41.2 Å². The van der Waals surface area contributed by atoms with Crippen LogP contribution in [0.2, 0.25) is 0 Å². The van der Waals surface area contributed by atoms with Gasteiger partial charge in [-0.2, -0.15) is 18.3 Å². The van der Waals surface area contributed by atoms with Gasteiger partial charge in [-0.3, -0.25) is 0 Å². The van der Waals surface area contributed by atoms with Gasteiger partial charge in [-0.1, -0.05) is 6.07 Å². The first kappa shape index (κ1) is 21.7. The summed E-state index contributed by atoms with van der Waals surface area (Å²) in [7, 11) is 0. The lowest BCUT2D eigenvalue weighted by Gasteiger charge is -2.29. The third kappa shape index (κ3) is 3.82. The van der Waals surface area contributed by atoms with Gasteiger partial charge in [0.2, 0.25) is 0 Å². The molecular weight excluding hydrogens is 438 g/mol. The number of nitrogens with one attached hydrogen (secondary N) is 1. The van der Waals surface area contributed by atoms with Gasteiger partial charge >= 0.3 is 6.18 Å². The number of hydrogen-bond acceptors (Lipinski definition) is 6. The molecule has 5 rings (SSSR count). The Kier molecular flexibility index (Phi) is 5.08. The van der Waals surface area contributed by atoms with Gasteiger partial charge in [0.1, 0.15) is 0 Å². The number of nitrogens with zero attached hydrogens (tertiary/aromatic N) is 3. The number of anilines is 3. The minimum Gasteiger partial charge on any atom is -0.396 e. The van der Waals surface area contributed by atoms with E-state index in [4.69, 9.17) is 10.5 Å². The number of morpholine rings is 1. The Bertz CT molecular complexity index is 1230. The van der Waals surface area contributed by atoms with Crippen molar-refractivity contribution in [2.45, 2.75) is 44.6 Å². The van der Waals surface area contributed by atoms with Crippen LogP contribution in [0.5, 0.6) is 0 Å². The van der Waals surface area contributed by atoms with Crippen molar-refractivity contribution >= 4 is 28.0 Å². The van der Waals surface area contributed by atoms with Crippen molar-refractivity contribution in [1.82, 2.24) is 10.2 Å². The molecule has 3 aromatic rings. The highest BCUT2D eigenvalue weighted by Gasteiger charge is 2.39. The van der Waals surface area contributed by atoms with Crippen molar-refractivity contribution in [3.63, 3.8) is 0 Å². The second-order valence-corrected chi connectivity index (χ2v) is 8.70. The lowest BCUT2D eigenvalue weighted by molar-refractivity contribution is -0.139. The summed E-state index contributed by atoms with van der Waals surface area (Å²) >= 11 is 0. The summed E-state index contributed by atoms with van der Waals surface area (Å²) in [6, 6.07) is 7.73. The summed E-state index contributed by atoms with van der Waals surface area (Å²) in [5.41, 5.74) is 5.56. The summed E-state index contributed by atoms with van der Waals surface area (Å²) in [6.07, 6.45) is -3.60. The fourth-order valence-electron chi connectivity index (χ4n) is 4.69. The predicted octanol–water partition coefficient (Wildman–Crippen LogP) is 4.83. The van der Waals surface area contributed by atoms with Crippen LogP contribution in [0, 0.1) is 12.7 Å². The number of rotatable bonds is 4. The third-order valence-electron chi connectivity index (χ3n) is 6.46. The molecule has 0 spiro atoms. The van der Waals surface area contributed by atoms with Crippen molar-refractivity contribution in [2.75, 3.05) is 29.1 Å². The summed E-state index contributed by atoms with van der Waals surface area (Å²) in [5.74, 6) is -1.03. The van der Waals surface area contributed by atoms with Crippen LogP contribution in [0.3, 0.4) is 0 Å². The molecule has 10 heteroatoms. The maximum Gasteiger partial charge on any atom is 0.419 e. The number of benzene rings is 2. The second-order valence-electron chi connectivity index (χ2n) is 8.70. The number of aromatic nitrogens is 2. The average molecular weight is 461 g/mol. The fourth-order valence-corrected chi connectivity index (χ4v) is 4.69. The van der Waals surface area contributed by atoms with Gasteiger partial charge in [-0.25, -0.2) is 4.39 Å². The van der Waals surface area contributed by atoms with E-state index >= 15 is 0 Å². The van der Waals surface area contributed by atoms with Crippen LogP contribution in [0.25, 0.3) is 10.8 Å². The van der Waals surface area contributed by atoms with E-state index in [2.05, 4.69) is 20.4 Å². The molecule has 33 heavy (non-hydrogen) atoms. The lowest BCUT2D eigenvalue weighted by Crippen LogP contribution is -2.36. The van der Waals surface area contributed by atoms with E-state index in [-0.39, 0.29) is 11.7 Å². The number of halogens is 4. The van der Waals surface area contributed by atoms with E-state index in [9.17, 15) is 17.6 Å². The van der Waals surface area contributed by atoms with Crippen LogP contribution in [-0.2, 0) is 10.9 Å². The molecule has 2 fully saturated rings. The number of aryl methyl sites for hydroxylation is 1. The molecule has 3 N–H and O–H groups in total. The molecule has 2 bridgehead atoms. The maximum absolute atomic E-state index is 14.0. The van der Waals surface area contributed by atoms with Crippen LogP contribution in [0.15, 0.2) is 30.3 Å². The molecule has 0 radical (unpaired) electrons. The van der Waals surface area contributed by atoms with E-state index in [1.54, 1.807) is 6.92 Å². The Morgan fingerprint density at radius 2 is 1.97 bits per heavy atom. The molecule has 6 nitrogen and oxygen atoms in total. The van der Waals surface area contributed by atoms with Gasteiger partial charge in [0.05, 0.1) is 41.7 Å². The third-order valence-corrected chi connectivity index (χ3v) is 6.46. The smallest absolute Gasteiger partial charge is 0.396 e. The molecule has 2 aliphatic rings. The molecule has 2 aliphatic heterocycles. The van der Waals surface area contributed by atoms with Crippen molar-refractivity contribution in [2.24, 2.45) is 0 Å². The molecular formula is C23H23F4N5O. The summed E-state index contributed by atoms with van der Waals surface area (Å²) in [4.78, 5) is 2.31. The minimum absolute atomic E-state index is 0.196. The minimum atomic E-state index is -4.85. The molecule has 0 aliphatic carbocycles.